The summed E-state index contributed by atoms with van der Waals surface area (Å²) >= 11 is 6.01. The van der Waals surface area contributed by atoms with E-state index in [0.29, 0.717) is 31.9 Å². The highest BCUT2D eigenvalue weighted by Crippen LogP contribution is 2.21. The minimum absolute atomic E-state index is 0.0111. The molecule has 0 amide bonds. The van der Waals surface area contributed by atoms with Gasteiger partial charge in [0.05, 0.1) is 11.2 Å². The van der Waals surface area contributed by atoms with Crippen molar-refractivity contribution < 1.29 is 14.3 Å². The third-order valence-electron chi connectivity index (χ3n) is 3.72. The molecule has 1 aromatic heterocycles. The molecule has 1 aliphatic rings. The van der Waals surface area contributed by atoms with E-state index in [9.17, 15) is 9.59 Å². The van der Waals surface area contributed by atoms with Crippen LogP contribution in [-0.2, 0) is 9.53 Å². The molecule has 22 heavy (non-hydrogen) atoms. The van der Waals surface area contributed by atoms with Crippen molar-refractivity contribution in [2.75, 3.05) is 18.0 Å². The maximum atomic E-state index is 12.3. The predicted octanol–water partition coefficient (Wildman–Crippen LogP) is 2.64. The number of rotatable bonds is 5. The van der Waals surface area contributed by atoms with E-state index in [1.807, 2.05) is 18.7 Å². The van der Waals surface area contributed by atoms with Crippen molar-refractivity contribution in [2.45, 2.75) is 45.6 Å². The van der Waals surface area contributed by atoms with Gasteiger partial charge in [-0.15, -0.1) is 0 Å². The van der Waals surface area contributed by atoms with Crippen LogP contribution in [0.4, 0.5) is 5.95 Å². The van der Waals surface area contributed by atoms with Crippen LogP contribution >= 0.6 is 11.6 Å². The van der Waals surface area contributed by atoms with Crippen LogP contribution in [0.25, 0.3) is 0 Å². The standard InChI is InChI=1S/C15H20ClN3O3/c1-3-19(4-2)15-17-9-10(16)13(18-15)14(21)22-12-8-6-5-7-11(12)20/h9,12H,3-8H2,1-2H3/t12-/m1/s1. The predicted molar refractivity (Wildman–Crippen MR) is 83.3 cm³/mol. The summed E-state index contributed by atoms with van der Waals surface area (Å²) in [5.41, 5.74) is 0.0111. The molecule has 1 aliphatic carbocycles. The Labute approximate surface area is 134 Å². The van der Waals surface area contributed by atoms with Gasteiger partial charge in [-0.2, -0.15) is 0 Å². The van der Waals surface area contributed by atoms with Gasteiger partial charge in [-0.05, 0) is 33.1 Å². The third kappa shape index (κ3) is 3.74. The summed E-state index contributed by atoms with van der Waals surface area (Å²) in [5, 5.41) is 0.129. The summed E-state index contributed by atoms with van der Waals surface area (Å²) in [5.74, 6) is -0.272. The number of hydrogen-bond acceptors (Lipinski definition) is 6. The first-order valence-electron chi connectivity index (χ1n) is 7.58. The Morgan fingerprint density at radius 2 is 2.14 bits per heavy atom. The number of Topliss-reactive ketones (excluding diaryl/α,β-unsaturated/α-hetero) is 1. The van der Waals surface area contributed by atoms with Gasteiger partial charge in [0.25, 0.3) is 0 Å². The highest BCUT2D eigenvalue weighted by molar-refractivity contribution is 6.33. The van der Waals surface area contributed by atoms with E-state index < -0.39 is 12.1 Å². The minimum atomic E-state index is -0.677. The van der Waals surface area contributed by atoms with Gasteiger partial charge < -0.3 is 9.64 Å². The van der Waals surface area contributed by atoms with E-state index in [4.69, 9.17) is 16.3 Å². The second-order valence-electron chi connectivity index (χ2n) is 5.14. The van der Waals surface area contributed by atoms with Crippen molar-refractivity contribution in [3.8, 4) is 0 Å². The lowest BCUT2D eigenvalue weighted by atomic mass is 9.96. The molecular formula is C15H20ClN3O3. The zero-order valence-electron chi connectivity index (χ0n) is 12.8. The normalized spacial score (nSPS) is 18.1. The number of halogens is 1. The highest BCUT2D eigenvalue weighted by Gasteiger charge is 2.28. The Hall–Kier alpha value is -1.69. The number of carbonyl (C=O) groups excluding carboxylic acids is 2. The largest absolute Gasteiger partial charge is 0.450 e. The molecule has 0 aromatic carbocycles. The molecule has 1 aromatic rings. The summed E-state index contributed by atoms with van der Waals surface area (Å²) in [6, 6.07) is 0. The fourth-order valence-electron chi connectivity index (χ4n) is 2.42. The lowest BCUT2D eigenvalue weighted by molar-refractivity contribution is -0.129. The zero-order chi connectivity index (χ0) is 16.1. The van der Waals surface area contributed by atoms with Crippen molar-refractivity contribution in [1.82, 2.24) is 9.97 Å². The molecule has 1 atom stereocenters. The van der Waals surface area contributed by atoms with Gasteiger partial charge in [0.15, 0.2) is 17.6 Å². The lowest BCUT2D eigenvalue weighted by Gasteiger charge is -2.21. The Bertz CT molecular complexity index is 561. The van der Waals surface area contributed by atoms with Crippen LogP contribution in [0.5, 0.6) is 0 Å². The Morgan fingerprint density at radius 3 is 2.77 bits per heavy atom. The van der Waals surface area contributed by atoms with Crippen molar-refractivity contribution in [3.63, 3.8) is 0 Å². The van der Waals surface area contributed by atoms with Crippen LogP contribution < -0.4 is 4.90 Å². The van der Waals surface area contributed by atoms with Gasteiger partial charge in [0, 0.05) is 19.5 Å². The van der Waals surface area contributed by atoms with Crippen molar-refractivity contribution in [3.05, 3.63) is 16.9 Å². The van der Waals surface area contributed by atoms with E-state index >= 15 is 0 Å². The number of ether oxygens (including phenoxy) is 1. The van der Waals surface area contributed by atoms with Crippen molar-refractivity contribution in [1.29, 1.82) is 0 Å². The summed E-state index contributed by atoms with van der Waals surface area (Å²) in [6.07, 6.45) is 3.47. The number of aromatic nitrogens is 2. The SMILES string of the molecule is CCN(CC)c1ncc(Cl)c(C(=O)O[C@@H]2CCCCC2=O)n1. The van der Waals surface area contributed by atoms with Crippen LogP contribution in [0.15, 0.2) is 6.20 Å². The maximum absolute atomic E-state index is 12.3. The fourth-order valence-corrected chi connectivity index (χ4v) is 2.59. The first-order chi connectivity index (χ1) is 10.6. The monoisotopic (exact) mass is 325 g/mol. The molecule has 1 heterocycles. The zero-order valence-corrected chi connectivity index (χ0v) is 13.6. The molecule has 0 aliphatic heterocycles. The van der Waals surface area contributed by atoms with Crippen molar-refractivity contribution in [2.24, 2.45) is 0 Å². The molecule has 0 radical (unpaired) electrons. The fraction of sp³-hybridized carbons (Fsp3) is 0.600. The number of hydrogen-bond donors (Lipinski definition) is 0. The topological polar surface area (TPSA) is 72.4 Å². The van der Waals surface area contributed by atoms with Crippen LogP contribution in [0, 0.1) is 0 Å². The molecule has 0 bridgehead atoms. The second-order valence-corrected chi connectivity index (χ2v) is 5.55. The molecule has 120 valence electrons. The van der Waals surface area contributed by atoms with E-state index in [2.05, 4.69) is 9.97 Å². The first kappa shape index (κ1) is 16.7. The molecule has 2 rings (SSSR count). The Kier molecular flexibility index (Phi) is 5.71. The van der Waals surface area contributed by atoms with Crippen molar-refractivity contribution >= 4 is 29.3 Å². The third-order valence-corrected chi connectivity index (χ3v) is 4.00. The number of nitrogens with zero attached hydrogens (tertiary/aromatic N) is 3. The Balaban J connectivity index is 2.17. The number of anilines is 1. The molecule has 0 saturated heterocycles. The van der Waals surface area contributed by atoms with Gasteiger partial charge in [-0.1, -0.05) is 11.6 Å². The first-order valence-corrected chi connectivity index (χ1v) is 7.95. The van der Waals surface area contributed by atoms with Gasteiger partial charge in [0.1, 0.15) is 0 Å². The quantitative estimate of drug-likeness (QED) is 0.775. The lowest BCUT2D eigenvalue weighted by Crippen LogP contribution is -2.31. The van der Waals surface area contributed by atoms with E-state index in [0.717, 1.165) is 12.8 Å². The van der Waals surface area contributed by atoms with Crippen LogP contribution in [0.3, 0.4) is 0 Å². The maximum Gasteiger partial charge on any atom is 0.359 e. The second kappa shape index (κ2) is 7.54. The minimum Gasteiger partial charge on any atom is -0.450 e. The van der Waals surface area contributed by atoms with Crippen LogP contribution in [-0.4, -0.2) is 40.9 Å². The highest BCUT2D eigenvalue weighted by atomic mass is 35.5. The molecule has 0 N–H and O–H groups in total. The summed E-state index contributed by atoms with van der Waals surface area (Å²) < 4.78 is 5.29. The number of esters is 1. The molecule has 6 nitrogen and oxygen atoms in total. The number of carbonyl (C=O) groups is 2. The molecule has 1 fully saturated rings. The molecule has 0 spiro atoms. The molecule has 1 saturated carbocycles. The average molecular weight is 326 g/mol. The van der Waals surface area contributed by atoms with Gasteiger partial charge in [-0.25, -0.2) is 14.8 Å². The average Bonchev–Trinajstić information content (AvgIpc) is 2.52. The summed E-state index contributed by atoms with van der Waals surface area (Å²) in [4.78, 5) is 34.3. The van der Waals surface area contributed by atoms with E-state index in [-0.39, 0.29) is 16.5 Å². The number of ketones is 1. The van der Waals surface area contributed by atoms with Crippen LogP contribution in [0.2, 0.25) is 5.02 Å². The summed E-state index contributed by atoms with van der Waals surface area (Å²) in [7, 11) is 0. The molecule has 7 heteroatoms. The Morgan fingerprint density at radius 1 is 1.41 bits per heavy atom. The molecular weight excluding hydrogens is 306 g/mol. The summed E-state index contributed by atoms with van der Waals surface area (Å²) in [6.45, 7) is 5.38. The van der Waals surface area contributed by atoms with E-state index in [1.54, 1.807) is 0 Å². The van der Waals surface area contributed by atoms with Gasteiger partial charge in [-0.3, -0.25) is 4.79 Å². The van der Waals surface area contributed by atoms with Gasteiger partial charge in [0.2, 0.25) is 5.95 Å². The van der Waals surface area contributed by atoms with Crippen LogP contribution in [0.1, 0.15) is 50.0 Å². The molecule has 0 unspecified atom stereocenters. The van der Waals surface area contributed by atoms with Gasteiger partial charge >= 0.3 is 5.97 Å². The van der Waals surface area contributed by atoms with E-state index in [1.165, 1.54) is 6.20 Å². The smallest absolute Gasteiger partial charge is 0.359 e.